The van der Waals surface area contributed by atoms with Crippen molar-refractivity contribution in [1.82, 2.24) is 0 Å². The molecule has 0 unspecified atom stereocenters. The molecule has 3 aromatic rings. The van der Waals surface area contributed by atoms with E-state index in [1.54, 1.807) is 21.3 Å². The van der Waals surface area contributed by atoms with Gasteiger partial charge >= 0.3 is 0 Å². The summed E-state index contributed by atoms with van der Waals surface area (Å²) in [6.07, 6.45) is 0. The van der Waals surface area contributed by atoms with Crippen LogP contribution in [-0.4, -0.2) is 26.4 Å². The zero-order valence-electron chi connectivity index (χ0n) is 12.8. The summed E-state index contributed by atoms with van der Waals surface area (Å²) in [6.45, 7) is -0.0207. The van der Waals surface area contributed by atoms with Gasteiger partial charge in [0, 0.05) is 0 Å². The molecule has 0 spiro atoms. The van der Waals surface area contributed by atoms with E-state index in [1.165, 1.54) is 0 Å². The van der Waals surface area contributed by atoms with Crippen molar-refractivity contribution in [1.29, 1.82) is 0 Å². The average Bonchev–Trinajstić information content (AvgIpc) is 2.59. The maximum atomic E-state index is 9.66. The molecule has 0 bridgehead atoms. The van der Waals surface area contributed by atoms with Gasteiger partial charge in [-0.2, -0.15) is 0 Å². The quantitative estimate of drug-likeness (QED) is 0.749. The Kier molecular flexibility index (Phi) is 3.77. The minimum Gasteiger partial charge on any atom is -0.497 e. The highest BCUT2D eigenvalue weighted by atomic mass is 16.5. The van der Waals surface area contributed by atoms with E-state index < -0.39 is 0 Å². The summed E-state index contributed by atoms with van der Waals surface area (Å²) in [5.41, 5.74) is 0.873. The maximum absolute atomic E-state index is 9.66. The Morgan fingerprint density at radius 1 is 0.773 bits per heavy atom. The van der Waals surface area contributed by atoms with Crippen LogP contribution in [0, 0.1) is 0 Å². The maximum Gasteiger partial charge on any atom is 0.161 e. The lowest BCUT2D eigenvalue weighted by Gasteiger charge is -2.14. The predicted molar refractivity (Wildman–Crippen MR) is 87.0 cm³/mol. The van der Waals surface area contributed by atoms with Gasteiger partial charge in [-0.3, -0.25) is 0 Å². The zero-order valence-corrected chi connectivity index (χ0v) is 12.8. The van der Waals surface area contributed by atoms with Crippen LogP contribution in [0.3, 0.4) is 0 Å². The van der Waals surface area contributed by atoms with E-state index in [4.69, 9.17) is 14.2 Å². The highest BCUT2D eigenvalue weighted by molar-refractivity contribution is 6.10. The number of fused-ring (bicyclic) bond motifs is 3. The number of aliphatic hydroxyl groups is 1. The Bertz CT molecular complexity index is 839. The Hall–Kier alpha value is -2.46. The Morgan fingerprint density at radius 2 is 1.50 bits per heavy atom. The third-order valence-electron chi connectivity index (χ3n) is 3.92. The van der Waals surface area contributed by atoms with Gasteiger partial charge in [-0.25, -0.2) is 0 Å². The molecule has 0 fully saturated rings. The molecule has 0 heterocycles. The summed E-state index contributed by atoms with van der Waals surface area (Å²) in [5, 5.41) is 13.7. The second kappa shape index (κ2) is 5.73. The predicted octanol–water partition coefficient (Wildman–Crippen LogP) is 3.51. The molecule has 0 atom stereocenters. The largest absolute Gasteiger partial charge is 0.497 e. The van der Waals surface area contributed by atoms with E-state index in [0.717, 1.165) is 32.9 Å². The van der Waals surface area contributed by atoms with Crippen LogP contribution in [0.1, 0.15) is 5.56 Å². The molecule has 22 heavy (non-hydrogen) atoms. The second-order valence-electron chi connectivity index (χ2n) is 5.03. The summed E-state index contributed by atoms with van der Waals surface area (Å²) in [7, 11) is 4.87. The van der Waals surface area contributed by atoms with Crippen LogP contribution >= 0.6 is 0 Å². The van der Waals surface area contributed by atoms with E-state index in [0.29, 0.717) is 11.5 Å². The summed E-state index contributed by atoms with van der Waals surface area (Å²) in [6, 6.07) is 11.7. The monoisotopic (exact) mass is 298 g/mol. The molecule has 3 rings (SSSR count). The molecule has 3 aromatic carbocycles. The van der Waals surface area contributed by atoms with Crippen molar-refractivity contribution < 1.29 is 19.3 Å². The molecule has 0 aliphatic rings. The summed E-state index contributed by atoms with van der Waals surface area (Å²) in [4.78, 5) is 0. The van der Waals surface area contributed by atoms with Gasteiger partial charge in [-0.05, 0) is 57.4 Å². The molecule has 4 heteroatoms. The molecular formula is C18H18O4. The van der Waals surface area contributed by atoms with Crippen molar-refractivity contribution in [2.45, 2.75) is 6.61 Å². The highest BCUT2D eigenvalue weighted by Crippen LogP contribution is 2.38. The second-order valence-corrected chi connectivity index (χ2v) is 5.03. The van der Waals surface area contributed by atoms with Gasteiger partial charge in [-0.15, -0.1) is 0 Å². The van der Waals surface area contributed by atoms with E-state index >= 15 is 0 Å². The van der Waals surface area contributed by atoms with Gasteiger partial charge in [-0.1, -0.05) is 6.07 Å². The third kappa shape index (κ3) is 2.22. The van der Waals surface area contributed by atoms with Crippen molar-refractivity contribution in [3.05, 3.63) is 42.0 Å². The van der Waals surface area contributed by atoms with E-state index in [9.17, 15) is 5.11 Å². The normalized spacial score (nSPS) is 10.9. The molecule has 4 nitrogen and oxygen atoms in total. The first-order valence-corrected chi connectivity index (χ1v) is 6.98. The summed E-state index contributed by atoms with van der Waals surface area (Å²) < 4.78 is 16.1. The first kappa shape index (κ1) is 14.5. The Balaban J connectivity index is 2.45. The number of hydrogen-bond acceptors (Lipinski definition) is 4. The van der Waals surface area contributed by atoms with Crippen molar-refractivity contribution >= 4 is 21.5 Å². The summed E-state index contributed by atoms with van der Waals surface area (Å²) in [5.74, 6) is 2.12. The minimum absolute atomic E-state index is 0.0207. The van der Waals surface area contributed by atoms with Crippen LogP contribution in [0.25, 0.3) is 21.5 Å². The fraction of sp³-hybridized carbons (Fsp3) is 0.222. The van der Waals surface area contributed by atoms with Crippen LogP contribution in [-0.2, 0) is 6.61 Å². The number of methoxy groups -OCH3 is 3. The van der Waals surface area contributed by atoms with Gasteiger partial charge in [0.2, 0.25) is 0 Å². The Labute approximate surface area is 128 Å². The fourth-order valence-electron chi connectivity index (χ4n) is 2.80. The van der Waals surface area contributed by atoms with Crippen LogP contribution in [0.15, 0.2) is 36.4 Å². The van der Waals surface area contributed by atoms with E-state index in [-0.39, 0.29) is 6.61 Å². The lowest BCUT2D eigenvalue weighted by molar-refractivity contribution is 0.283. The van der Waals surface area contributed by atoms with Gasteiger partial charge in [0.25, 0.3) is 0 Å². The first-order valence-electron chi connectivity index (χ1n) is 6.98. The summed E-state index contributed by atoms with van der Waals surface area (Å²) >= 11 is 0. The molecule has 0 saturated carbocycles. The van der Waals surface area contributed by atoms with Crippen molar-refractivity contribution in [3.8, 4) is 17.2 Å². The van der Waals surface area contributed by atoms with Gasteiger partial charge in [0.15, 0.2) is 11.5 Å². The van der Waals surface area contributed by atoms with Crippen molar-refractivity contribution in [2.24, 2.45) is 0 Å². The van der Waals surface area contributed by atoms with Gasteiger partial charge in [0.05, 0.1) is 27.9 Å². The molecule has 0 saturated heterocycles. The average molecular weight is 298 g/mol. The molecule has 0 aliphatic carbocycles. The van der Waals surface area contributed by atoms with Crippen molar-refractivity contribution in [2.75, 3.05) is 21.3 Å². The van der Waals surface area contributed by atoms with E-state index in [1.807, 2.05) is 36.4 Å². The zero-order chi connectivity index (χ0) is 15.7. The standard InChI is InChI=1S/C18H18O4/c1-20-13-4-5-14-12(10-19)6-11-7-17(21-2)18(22-3)9-15(11)16(14)8-13/h4-9,19H,10H2,1-3H3. The van der Waals surface area contributed by atoms with Crippen LogP contribution in [0.4, 0.5) is 0 Å². The molecule has 114 valence electrons. The number of benzene rings is 3. The lowest BCUT2D eigenvalue weighted by Crippen LogP contribution is -1.93. The number of hydrogen-bond donors (Lipinski definition) is 1. The third-order valence-corrected chi connectivity index (χ3v) is 3.92. The molecule has 0 aromatic heterocycles. The van der Waals surface area contributed by atoms with Gasteiger partial charge < -0.3 is 19.3 Å². The molecule has 0 aliphatic heterocycles. The SMILES string of the molecule is COc1ccc2c(CO)cc3cc(OC)c(OC)cc3c2c1. The highest BCUT2D eigenvalue weighted by Gasteiger charge is 2.12. The molecular weight excluding hydrogens is 280 g/mol. The topological polar surface area (TPSA) is 47.9 Å². The molecule has 0 radical (unpaired) electrons. The lowest BCUT2D eigenvalue weighted by atomic mass is 9.97. The van der Waals surface area contributed by atoms with Crippen molar-refractivity contribution in [3.63, 3.8) is 0 Å². The molecule has 1 N–H and O–H groups in total. The van der Waals surface area contributed by atoms with Crippen LogP contribution in [0.2, 0.25) is 0 Å². The number of ether oxygens (including phenoxy) is 3. The minimum atomic E-state index is -0.0207. The Morgan fingerprint density at radius 3 is 2.14 bits per heavy atom. The fourth-order valence-corrected chi connectivity index (χ4v) is 2.80. The van der Waals surface area contributed by atoms with Crippen LogP contribution < -0.4 is 14.2 Å². The van der Waals surface area contributed by atoms with E-state index in [2.05, 4.69) is 0 Å². The van der Waals surface area contributed by atoms with Gasteiger partial charge in [0.1, 0.15) is 5.75 Å². The smallest absolute Gasteiger partial charge is 0.161 e. The van der Waals surface area contributed by atoms with Crippen LogP contribution in [0.5, 0.6) is 17.2 Å². The molecule has 0 amide bonds. The number of rotatable bonds is 4. The number of aliphatic hydroxyl groups excluding tert-OH is 1. The first-order chi connectivity index (χ1) is 10.7.